The summed E-state index contributed by atoms with van der Waals surface area (Å²) < 4.78 is 0. The smallest absolute Gasteiger partial charge is 0.258 e. The molecule has 0 bridgehead atoms. The molecule has 0 aromatic heterocycles. The Morgan fingerprint density at radius 1 is 0.920 bits per heavy atom. The molecule has 3 nitrogen and oxygen atoms in total. The number of anilines is 2. The van der Waals surface area contributed by atoms with Crippen LogP contribution in [0.5, 0.6) is 0 Å². The van der Waals surface area contributed by atoms with Crippen LogP contribution in [0.15, 0.2) is 78.9 Å². The molecule has 25 heavy (non-hydrogen) atoms. The third-order valence-electron chi connectivity index (χ3n) is 4.64. The van der Waals surface area contributed by atoms with Crippen molar-refractivity contribution in [2.45, 2.75) is 13.0 Å². The summed E-state index contributed by atoms with van der Waals surface area (Å²) in [7, 11) is 0. The molecule has 1 N–H and O–H groups in total. The maximum absolute atomic E-state index is 13.1. The predicted octanol–water partition coefficient (Wildman–Crippen LogP) is 4.81. The number of carbonyl (C=O) groups is 1. The van der Waals surface area contributed by atoms with E-state index in [1.807, 2.05) is 78.6 Å². The van der Waals surface area contributed by atoms with Crippen LogP contribution >= 0.6 is 0 Å². The first-order valence-electron chi connectivity index (χ1n) is 8.51. The molecular formula is C22H20N2O. The van der Waals surface area contributed by atoms with Crippen LogP contribution in [-0.4, -0.2) is 12.5 Å². The first-order valence-corrected chi connectivity index (χ1v) is 8.51. The van der Waals surface area contributed by atoms with Gasteiger partial charge in [0.05, 0.1) is 24.0 Å². The molecular weight excluding hydrogens is 308 g/mol. The Balaban J connectivity index is 1.72. The van der Waals surface area contributed by atoms with Gasteiger partial charge >= 0.3 is 0 Å². The third kappa shape index (κ3) is 3.01. The number of benzene rings is 3. The van der Waals surface area contributed by atoms with Crippen molar-refractivity contribution in [1.82, 2.24) is 0 Å². The van der Waals surface area contributed by atoms with Gasteiger partial charge in [-0.15, -0.1) is 0 Å². The summed E-state index contributed by atoms with van der Waals surface area (Å²) >= 11 is 0. The molecule has 4 rings (SSSR count). The Labute approximate surface area is 147 Å². The van der Waals surface area contributed by atoms with Crippen molar-refractivity contribution in [3.05, 3.63) is 95.6 Å². The van der Waals surface area contributed by atoms with Gasteiger partial charge in [-0.1, -0.05) is 60.2 Å². The number of para-hydroxylation sites is 2. The molecule has 1 atom stereocenters. The molecule has 3 heteroatoms. The maximum atomic E-state index is 13.1. The lowest BCUT2D eigenvalue weighted by Crippen LogP contribution is -2.40. The van der Waals surface area contributed by atoms with Crippen molar-refractivity contribution >= 4 is 17.3 Å². The van der Waals surface area contributed by atoms with E-state index in [1.54, 1.807) is 0 Å². The van der Waals surface area contributed by atoms with Crippen molar-refractivity contribution in [3.8, 4) is 0 Å². The van der Waals surface area contributed by atoms with E-state index in [0.717, 1.165) is 16.9 Å². The van der Waals surface area contributed by atoms with E-state index in [0.29, 0.717) is 12.1 Å². The molecule has 0 fully saturated rings. The van der Waals surface area contributed by atoms with Gasteiger partial charge < -0.3 is 10.2 Å². The number of amides is 1. The topological polar surface area (TPSA) is 32.3 Å². The molecule has 3 aromatic carbocycles. The summed E-state index contributed by atoms with van der Waals surface area (Å²) in [5, 5.41) is 3.56. The summed E-state index contributed by atoms with van der Waals surface area (Å²) in [4.78, 5) is 15.0. The average molecular weight is 328 g/mol. The number of rotatable bonds is 2. The molecule has 0 aliphatic carbocycles. The van der Waals surface area contributed by atoms with Gasteiger partial charge in [0, 0.05) is 5.56 Å². The van der Waals surface area contributed by atoms with E-state index in [4.69, 9.17) is 0 Å². The summed E-state index contributed by atoms with van der Waals surface area (Å²) in [5.41, 5.74) is 4.97. The van der Waals surface area contributed by atoms with Crippen LogP contribution in [0, 0.1) is 6.92 Å². The van der Waals surface area contributed by atoms with Crippen LogP contribution in [0.4, 0.5) is 11.4 Å². The number of nitrogens with zero attached hydrogens (tertiary/aromatic N) is 1. The summed E-state index contributed by atoms with van der Waals surface area (Å²) in [6.45, 7) is 2.63. The summed E-state index contributed by atoms with van der Waals surface area (Å²) in [6.07, 6.45) is 0. The van der Waals surface area contributed by atoms with E-state index in [9.17, 15) is 4.79 Å². The molecule has 1 heterocycles. The largest absolute Gasteiger partial charge is 0.375 e. The van der Waals surface area contributed by atoms with Gasteiger partial charge in [0.15, 0.2) is 0 Å². The van der Waals surface area contributed by atoms with Crippen molar-refractivity contribution in [2.75, 3.05) is 16.8 Å². The highest BCUT2D eigenvalue weighted by molar-refractivity contribution is 6.08. The molecule has 0 saturated carbocycles. The highest BCUT2D eigenvalue weighted by Gasteiger charge is 2.29. The Bertz CT molecular complexity index is 887. The number of aryl methyl sites for hydroxylation is 1. The average Bonchev–Trinajstić information content (AvgIpc) is 2.68. The van der Waals surface area contributed by atoms with Gasteiger partial charge in [0.1, 0.15) is 0 Å². The van der Waals surface area contributed by atoms with E-state index < -0.39 is 0 Å². The molecule has 3 aromatic rings. The number of carbonyl (C=O) groups excluding carboxylic acids is 1. The lowest BCUT2D eigenvalue weighted by molar-refractivity contribution is 0.0985. The number of hydrogen-bond acceptors (Lipinski definition) is 2. The second-order valence-electron chi connectivity index (χ2n) is 6.41. The second kappa shape index (κ2) is 6.44. The van der Waals surface area contributed by atoms with Crippen LogP contribution in [0.2, 0.25) is 0 Å². The molecule has 1 aliphatic rings. The molecule has 0 spiro atoms. The SMILES string of the molecule is Cc1ccc(C(=O)N2CC(c3ccccc3)Nc3ccccc32)cc1. The van der Waals surface area contributed by atoms with Crippen molar-refractivity contribution < 1.29 is 4.79 Å². The fourth-order valence-corrected chi connectivity index (χ4v) is 3.26. The molecule has 124 valence electrons. The number of fused-ring (bicyclic) bond motifs is 1. The first kappa shape index (κ1) is 15.5. The summed E-state index contributed by atoms with van der Waals surface area (Å²) in [6, 6.07) is 26.1. The molecule has 1 amide bonds. The molecule has 0 saturated heterocycles. The van der Waals surface area contributed by atoms with Crippen LogP contribution in [0.3, 0.4) is 0 Å². The Morgan fingerprint density at radius 3 is 2.36 bits per heavy atom. The van der Waals surface area contributed by atoms with Crippen LogP contribution in [0.25, 0.3) is 0 Å². The summed E-state index contributed by atoms with van der Waals surface area (Å²) in [5.74, 6) is 0.0369. The third-order valence-corrected chi connectivity index (χ3v) is 4.64. The lowest BCUT2D eigenvalue weighted by atomic mass is 10.0. The van der Waals surface area contributed by atoms with Crippen LogP contribution in [-0.2, 0) is 0 Å². The predicted molar refractivity (Wildman–Crippen MR) is 102 cm³/mol. The van der Waals surface area contributed by atoms with Crippen molar-refractivity contribution in [1.29, 1.82) is 0 Å². The van der Waals surface area contributed by atoms with Crippen molar-refractivity contribution in [2.24, 2.45) is 0 Å². The highest BCUT2D eigenvalue weighted by atomic mass is 16.2. The Kier molecular flexibility index (Phi) is 3.98. The van der Waals surface area contributed by atoms with Gasteiger partial charge in [-0.05, 0) is 36.8 Å². The monoisotopic (exact) mass is 328 g/mol. The first-order chi connectivity index (χ1) is 12.2. The minimum absolute atomic E-state index is 0.0369. The highest BCUT2D eigenvalue weighted by Crippen LogP contribution is 2.36. The quantitative estimate of drug-likeness (QED) is 0.732. The number of hydrogen-bond donors (Lipinski definition) is 1. The minimum atomic E-state index is 0.0369. The zero-order valence-corrected chi connectivity index (χ0v) is 14.1. The number of nitrogens with one attached hydrogen (secondary N) is 1. The minimum Gasteiger partial charge on any atom is -0.375 e. The van der Waals surface area contributed by atoms with Gasteiger partial charge in [0.25, 0.3) is 5.91 Å². The van der Waals surface area contributed by atoms with Gasteiger partial charge in [-0.25, -0.2) is 0 Å². The van der Waals surface area contributed by atoms with E-state index in [-0.39, 0.29) is 11.9 Å². The van der Waals surface area contributed by atoms with Gasteiger partial charge in [0.2, 0.25) is 0 Å². The zero-order valence-electron chi connectivity index (χ0n) is 14.1. The maximum Gasteiger partial charge on any atom is 0.258 e. The van der Waals surface area contributed by atoms with Crippen molar-refractivity contribution in [3.63, 3.8) is 0 Å². The van der Waals surface area contributed by atoms with E-state index in [1.165, 1.54) is 5.56 Å². The van der Waals surface area contributed by atoms with Gasteiger partial charge in [-0.2, -0.15) is 0 Å². The Morgan fingerprint density at radius 2 is 1.60 bits per heavy atom. The second-order valence-corrected chi connectivity index (χ2v) is 6.41. The lowest BCUT2D eigenvalue weighted by Gasteiger charge is -2.36. The zero-order chi connectivity index (χ0) is 17.2. The van der Waals surface area contributed by atoms with E-state index in [2.05, 4.69) is 17.4 Å². The fraction of sp³-hybridized carbons (Fsp3) is 0.136. The fourth-order valence-electron chi connectivity index (χ4n) is 3.26. The standard InChI is InChI=1S/C22H20N2O/c1-16-11-13-18(14-12-16)22(25)24-15-20(17-7-3-2-4-8-17)23-19-9-5-6-10-21(19)24/h2-14,20,23H,15H2,1H3. The van der Waals surface area contributed by atoms with E-state index >= 15 is 0 Å². The van der Waals surface area contributed by atoms with Crippen LogP contribution < -0.4 is 10.2 Å². The Hall–Kier alpha value is -3.07. The van der Waals surface area contributed by atoms with Crippen LogP contribution in [0.1, 0.15) is 27.5 Å². The molecule has 1 aliphatic heterocycles. The van der Waals surface area contributed by atoms with Gasteiger partial charge in [-0.3, -0.25) is 4.79 Å². The molecule has 0 radical (unpaired) electrons. The normalized spacial score (nSPS) is 16.0. The molecule has 1 unspecified atom stereocenters.